The van der Waals surface area contributed by atoms with Crippen molar-refractivity contribution in [2.24, 2.45) is 5.92 Å². The molecule has 1 aromatic carbocycles. The molecule has 9 heteroatoms. The summed E-state index contributed by atoms with van der Waals surface area (Å²) >= 11 is 0. The average molecular weight is 381 g/mol. The van der Waals surface area contributed by atoms with Gasteiger partial charge in [-0.25, -0.2) is 18.1 Å². The van der Waals surface area contributed by atoms with Crippen LogP contribution in [0.5, 0.6) is 5.75 Å². The molecule has 0 aliphatic carbocycles. The number of anilines is 1. The lowest BCUT2D eigenvalue weighted by atomic mass is 10.0. The molecular weight excluding hydrogens is 358 g/mol. The number of nitrogens with zero attached hydrogens (tertiary/aromatic N) is 1. The van der Waals surface area contributed by atoms with E-state index in [1.54, 1.807) is 24.4 Å². The number of oxazole rings is 1. The van der Waals surface area contributed by atoms with Crippen LogP contribution in [0.2, 0.25) is 0 Å². The van der Waals surface area contributed by atoms with Crippen molar-refractivity contribution in [1.29, 1.82) is 0 Å². The van der Waals surface area contributed by atoms with Crippen molar-refractivity contribution in [3.63, 3.8) is 0 Å². The molecule has 0 saturated carbocycles. The molecule has 0 aliphatic rings. The molecule has 26 heavy (non-hydrogen) atoms. The van der Waals surface area contributed by atoms with Crippen LogP contribution in [0.15, 0.2) is 35.2 Å². The molecule has 2 N–H and O–H groups in total. The monoisotopic (exact) mass is 381 g/mol. The first kappa shape index (κ1) is 19.9. The predicted molar refractivity (Wildman–Crippen MR) is 98.3 cm³/mol. The highest BCUT2D eigenvalue weighted by molar-refractivity contribution is 7.88. The van der Waals surface area contributed by atoms with Crippen molar-refractivity contribution in [3.05, 3.63) is 30.8 Å². The second kappa shape index (κ2) is 8.33. The molecule has 0 spiro atoms. The lowest BCUT2D eigenvalue weighted by Crippen LogP contribution is -2.44. The molecule has 0 saturated heterocycles. The number of sulfonamides is 1. The maximum absolute atomic E-state index is 12.6. The lowest BCUT2D eigenvalue weighted by molar-refractivity contribution is -0.118. The van der Waals surface area contributed by atoms with Crippen LogP contribution in [-0.4, -0.2) is 38.7 Å². The van der Waals surface area contributed by atoms with E-state index >= 15 is 0 Å². The normalized spacial score (nSPS) is 12.8. The predicted octanol–water partition coefficient (Wildman–Crippen LogP) is 2.25. The van der Waals surface area contributed by atoms with Crippen LogP contribution in [0.25, 0.3) is 11.3 Å². The zero-order chi connectivity index (χ0) is 19.3. The summed E-state index contributed by atoms with van der Waals surface area (Å²) in [6, 6.07) is 4.25. The van der Waals surface area contributed by atoms with Gasteiger partial charge in [0, 0.05) is 5.56 Å². The SMILES string of the molecule is COc1cc(-c2cnco2)ccc1NC(=O)[C@@H](CC(C)C)NS(C)(=O)=O. The Morgan fingerprint density at radius 3 is 2.62 bits per heavy atom. The van der Waals surface area contributed by atoms with Gasteiger partial charge < -0.3 is 14.5 Å². The first-order chi connectivity index (χ1) is 12.2. The van der Waals surface area contributed by atoms with E-state index in [4.69, 9.17) is 9.15 Å². The van der Waals surface area contributed by atoms with Crippen LogP contribution in [0, 0.1) is 5.92 Å². The van der Waals surface area contributed by atoms with Crippen molar-refractivity contribution < 1.29 is 22.4 Å². The molecule has 0 aliphatic heterocycles. The highest BCUT2D eigenvalue weighted by Gasteiger charge is 2.24. The van der Waals surface area contributed by atoms with E-state index in [-0.39, 0.29) is 5.92 Å². The Labute approximate surface area is 153 Å². The number of carbonyl (C=O) groups is 1. The molecular formula is C17H23N3O5S. The van der Waals surface area contributed by atoms with Crippen LogP contribution >= 0.6 is 0 Å². The van der Waals surface area contributed by atoms with Crippen LogP contribution in [0.1, 0.15) is 20.3 Å². The molecule has 0 unspecified atom stereocenters. The Bertz CT molecular complexity index is 847. The molecule has 0 radical (unpaired) electrons. The molecule has 0 fully saturated rings. The van der Waals surface area contributed by atoms with Gasteiger partial charge in [-0.05, 0) is 30.5 Å². The van der Waals surface area contributed by atoms with Crippen molar-refractivity contribution in [2.75, 3.05) is 18.7 Å². The van der Waals surface area contributed by atoms with Crippen LogP contribution in [0.4, 0.5) is 5.69 Å². The van der Waals surface area contributed by atoms with E-state index in [0.717, 1.165) is 11.8 Å². The number of aromatic nitrogens is 1. The van der Waals surface area contributed by atoms with Crippen LogP contribution in [0.3, 0.4) is 0 Å². The fourth-order valence-electron chi connectivity index (χ4n) is 2.46. The summed E-state index contributed by atoms with van der Waals surface area (Å²) in [5, 5.41) is 2.72. The first-order valence-electron chi connectivity index (χ1n) is 8.04. The molecule has 1 atom stereocenters. The highest BCUT2D eigenvalue weighted by atomic mass is 32.2. The van der Waals surface area contributed by atoms with Crippen molar-refractivity contribution in [3.8, 4) is 17.1 Å². The number of benzene rings is 1. The maximum atomic E-state index is 12.6. The van der Waals surface area contributed by atoms with E-state index in [2.05, 4.69) is 15.0 Å². The number of hydrogen-bond donors (Lipinski definition) is 2. The minimum Gasteiger partial charge on any atom is -0.495 e. The third-order valence-corrected chi connectivity index (χ3v) is 4.27. The zero-order valence-electron chi connectivity index (χ0n) is 15.1. The quantitative estimate of drug-likeness (QED) is 0.726. The van der Waals surface area contributed by atoms with Crippen LogP contribution < -0.4 is 14.8 Å². The van der Waals surface area contributed by atoms with Gasteiger partial charge in [0.15, 0.2) is 12.2 Å². The van der Waals surface area contributed by atoms with Gasteiger partial charge >= 0.3 is 0 Å². The van der Waals surface area contributed by atoms with Gasteiger partial charge in [-0.15, -0.1) is 0 Å². The Morgan fingerprint density at radius 1 is 1.35 bits per heavy atom. The summed E-state index contributed by atoms with van der Waals surface area (Å²) in [5.74, 6) is 0.679. The maximum Gasteiger partial charge on any atom is 0.242 e. The van der Waals surface area contributed by atoms with Crippen molar-refractivity contribution >= 4 is 21.6 Å². The van der Waals surface area contributed by atoms with E-state index in [1.807, 2.05) is 13.8 Å². The van der Waals surface area contributed by atoms with Crippen LogP contribution in [-0.2, 0) is 14.8 Å². The molecule has 2 rings (SSSR count). The molecule has 142 valence electrons. The Balaban J connectivity index is 2.23. The van der Waals surface area contributed by atoms with Gasteiger partial charge in [0.2, 0.25) is 15.9 Å². The summed E-state index contributed by atoms with van der Waals surface area (Å²) in [6.07, 6.45) is 4.30. The standard InChI is InChI=1S/C17H23N3O5S/c1-11(2)7-14(20-26(4,22)23)17(21)19-13-6-5-12(8-15(13)24-3)16-9-18-10-25-16/h5-6,8-11,14,20H,7H2,1-4H3,(H,19,21)/t14-/m1/s1. The largest absolute Gasteiger partial charge is 0.495 e. The fourth-order valence-corrected chi connectivity index (χ4v) is 3.18. The smallest absolute Gasteiger partial charge is 0.242 e. The number of ether oxygens (including phenoxy) is 1. The third-order valence-electron chi connectivity index (χ3n) is 3.56. The molecule has 0 bridgehead atoms. The van der Waals surface area contributed by atoms with Crippen molar-refractivity contribution in [2.45, 2.75) is 26.3 Å². The topological polar surface area (TPSA) is 111 Å². The highest BCUT2D eigenvalue weighted by Crippen LogP contribution is 2.30. The van der Waals surface area contributed by atoms with Gasteiger partial charge in [-0.3, -0.25) is 4.79 Å². The second-order valence-electron chi connectivity index (χ2n) is 6.34. The molecule has 1 heterocycles. The van der Waals surface area contributed by atoms with E-state index in [0.29, 0.717) is 23.6 Å². The molecule has 8 nitrogen and oxygen atoms in total. The number of methoxy groups -OCH3 is 1. The molecule has 1 aromatic heterocycles. The van der Waals surface area contributed by atoms with Crippen molar-refractivity contribution in [1.82, 2.24) is 9.71 Å². The average Bonchev–Trinajstić information content (AvgIpc) is 3.07. The summed E-state index contributed by atoms with van der Waals surface area (Å²) < 4.78 is 36.0. The molecule has 1 amide bonds. The van der Waals surface area contributed by atoms with Gasteiger partial charge in [0.05, 0.1) is 25.2 Å². The third kappa shape index (κ3) is 5.57. The number of nitrogens with one attached hydrogen (secondary N) is 2. The number of rotatable bonds is 8. The second-order valence-corrected chi connectivity index (χ2v) is 8.12. The van der Waals surface area contributed by atoms with Gasteiger partial charge in [0.25, 0.3) is 0 Å². The van der Waals surface area contributed by atoms with Gasteiger partial charge in [-0.1, -0.05) is 13.8 Å². The Morgan fingerprint density at radius 2 is 2.08 bits per heavy atom. The van der Waals surface area contributed by atoms with E-state index in [1.165, 1.54) is 13.5 Å². The lowest BCUT2D eigenvalue weighted by Gasteiger charge is -2.20. The van der Waals surface area contributed by atoms with Gasteiger partial charge in [0.1, 0.15) is 11.8 Å². The minimum absolute atomic E-state index is 0.135. The number of hydrogen-bond acceptors (Lipinski definition) is 6. The number of amides is 1. The summed E-state index contributed by atoms with van der Waals surface area (Å²) in [5.41, 5.74) is 1.18. The Kier molecular flexibility index (Phi) is 6.38. The summed E-state index contributed by atoms with van der Waals surface area (Å²) in [4.78, 5) is 16.5. The summed E-state index contributed by atoms with van der Waals surface area (Å²) in [7, 11) is -2.04. The zero-order valence-corrected chi connectivity index (χ0v) is 16.0. The number of carbonyl (C=O) groups excluding carboxylic acids is 1. The molecule has 2 aromatic rings. The fraction of sp³-hybridized carbons (Fsp3) is 0.412. The van der Waals surface area contributed by atoms with E-state index in [9.17, 15) is 13.2 Å². The van der Waals surface area contributed by atoms with E-state index < -0.39 is 22.0 Å². The first-order valence-corrected chi connectivity index (χ1v) is 9.94. The summed E-state index contributed by atoms with van der Waals surface area (Å²) in [6.45, 7) is 3.83. The minimum atomic E-state index is -3.52. The van der Waals surface area contributed by atoms with Gasteiger partial charge in [-0.2, -0.15) is 0 Å². The Hall–Kier alpha value is -2.39.